The van der Waals surface area contributed by atoms with Gasteiger partial charge in [0.2, 0.25) is 11.8 Å². The molecule has 2 amide bonds. The molecule has 0 aliphatic carbocycles. The highest BCUT2D eigenvalue weighted by molar-refractivity contribution is 5.76. The van der Waals surface area contributed by atoms with Crippen LogP contribution in [0.15, 0.2) is 18.2 Å². The lowest BCUT2D eigenvalue weighted by Gasteiger charge is -2.23. The molecule has 4 bridgehead atoms. The van der Waals surface area contributed by atoms with Crippen LogP contribution in [0.1, 0.15) is 24.2 Å². The van der Waals surface area contributed by atoms with Gasteiger partial charge in [0, 0.05) is 65.2 Å². The van der Waals surface area contributed by atoms with Gasteiger partial charge in [-0.3, -0.25) is 24.4 Å². The Kier molecular flexibility index (Phi) is 5.77. The highest BCUT2D eigenvalue weighted by Crippen LogP contribution is 2.09. The molecule has 7 nitrogen and oxygen atoms in total. The van der Waals surface area contributed by atoms with Crippen LogP contribution in [0.3, 0.4) is 0 Å². The van der Waals surface area contributed by atoms with E-state index in [0.717, 1.165) is 11.4 Å². The van der Waals surface area contributed by atoms with Crippen LogP contribution in [0.2, 0.25) is 0 Å². The van der Waals surface area contributed by atoms with Crippen LogP contribution in [-0.4, -0.2) is 65.9 Å². The average Bonchev–Trinajstić information content (AvgIpc) is 2.57. The molecule has 0 spiro atoms. The van der Waals surface area contributed by atoms with E-state index in [0.29, 0.717) is 65.2 Å². The fourth-order valence-electron chi connectivity index (χ4n) is 3.11. The largest absolute Gasteiger partial charge is 0.355 e. The minimum absolute atomic E-state index is 0.0833. The predicted octanol–water partition coefficient (Wildman–Crippen LogP) is -0.275. The lowest BCUT2D eigenvalue weighted by atomic mass is 10.2. The lowest BCUT2D eigenvalue weighted by molar-refractivity contribution is -0.123. The summed E-state index contributed by atoms with van der Waals surface area (Å²) in [7, 11) is 0. The topological polar surface area (TPSA) is 77.6 Å². The maximum atomic E-state index is 12.0. The monoisotopic (exact) mass is 331 g/mol. The van der Waals surface area contributed by atoms with Gasteiger partial charge in [-0.25, -0.2) is 0 Å². The number of pyridine rings is 1. The van der Waals surface area contributed by atoms with E-state index < -0.39 is 0 Å². The van der Waals surface area contributed by atoms with Crippen molar-refractivity contribution in [1.29, 1.82) is 0 Å². The van der Waals surface area contributed by atoms with E-state index in [1.54, 1.807) is 0 Å². The highest BCUT2D eigenvalue weighted by atomic mass is 16.2. The normalized spacial score (nSPS) is 26.3. The second-order valence-electron chi connectivity index (χ2n) is 6.37. The van der Waals surface area contributed by atoms with E-state index >= 15 is 0 Å². The minimum Gasteiger partial charge on any atom is -0.355 e. The Morgan fingerprint density at radius 3 is 1.79 bits per heavy atom. The molecule has 1 aromatic rings. The third kappa shape index (κ3) is 5.01. The summed E-state index contributed by atoms with van der Waals surface area (Å²) in [5, 5.41) is 5.96. The fraction of sp³-hybridized carbons (Fsp3) is 0.588. The van der Waals surface area contributed by atoms with Crippen LogP contribution in [-0.2, 0) is 22.7 Å². The molecule has 2 atom stereocenters. The third-order valence-electron chi connectivity index (χ3n) is 4.45. The Labute approximate surface area is 142 Å². The van der Waals surface area contributed by atoms with E-state index in [1.165, 1.54) is 0 Å². The van der Waals surface area contributed by atoms with Gasteiger partial charge in [-0.15, -0.1) is 0 Å². The number of hydrogen-bond acceptors (Lipinski definition) is 5. The van der Waals surface area contributed by atoms with Crippen molar-refractivity contribution < 1.29 is 9.59 Å². The van der Waals surface area contributed by atoms with Crippen molar-refractivity contribution in [2.45, 2.75) is 25.9 Å². The van der Waals surface area contributed by atoms with Gasteiger partial charge in [0.05, 0.1) is 11.4 Å². The minimum atomic E-state index is 0.0833. The highest BCUT2D eigenvalue weighted by Gasteiger charge is 2.16. The van der Waals surface area contributed by atoms with Crippen molar-refractivity contribution in [3.8, 4) is 0 Å². The van der Waals surface area contributed by atoms with Gasteiger partial charge < -0.3 is 10.6 Å². The standard InChI is InChI=1S/C17H25N5O2/c23-16-4-8-21-10-6-18-17(24)5-9-22(11-7-19-16)13-15-3-1-2-14(12-21)20-15/h1-3H,4-13H2,(H,18,24)(H,19,23). The van der Waals surface area contributed by atoms with Crippen molar-refractivity contribution in [3.63, 3.8) is 0 Å². The van der Waals surface area contributed by atoms with Gasteiger partial charge in [-0.1, -0.05) is 6.07 Å². The van der Waals surface area contributed by atoms with E-state index in [2.05, 4.69) is 20.4 Å². The molecule has 0 saturated carbocycles. The molecule has 0 aromatic carbocycles. The number of amides is 2. The van der Waals surface area contributed by atoms with Gasteiger partial charge in [0.25, 0.3) is 0 Å². The zero-order valence-corrected chi connectivity index (χ0v) is 14.0. The zero-order chi connectivity index (χ0) is 16.8. The molecule has 7 heteroatoms. The second-order valence-corrected chi connectivity index (χ2v) is 6.37. The van der Waals surface area contributed by atoms with E-state index in [1.807, 2.05) is 18.2 Å². The summed E-state index contributed by atoms with van der Waals surface area (Å²) in [5.41, 5.74) is 2.02. The first-order valence-corrected chi connectivity index (χ1v) is 8.62. The summed E-state index contributed by atoms with van der Waals surface area (Å²) in [6.07, 6.45) is 0.932. The quantitative estimate of drug-likeness (QED) is 0.684. The molecular weight excluding hydrogens is 306 g/mol. The van der Waals surface area contributed by atoms with Crippen molar-refractivity contribution in [2.24, 2.45) is 0 Å². The summed E-state index contributed by atoms with van der Waals surface area (Å²) < 4.78 is 0. The van der Waals surface area contributed by atoms with Crippen LogP contribution in [0, 0.1) is 0 Å². The van der Waals surface area contributed by atoms with Crippen molar-refractivity contribution in [2.75, 3.05) is 39.3 Å². The molecule has 2 aliphatic heterocycles. The number of nitrogens with zero attached hydrogens (tertiary/aromatic N) is 3. The number of carbonyl (C=O) groups excluding carboxylic acids is 2. The van der Waals surface area contributed by atoms with Crippen LogP contribution in [0.4, 0.5) is 0 Å². The first-order valence-electron chi connectivity index (χ1n) is 8.62. The number of hydrogen-bond donors (Lipinski definition) is 2. The molecular formula is C17H25N5O2. The fourth-order valence-corrected chi connectivity index (χ4v) is 3.11. The number of carbonyl (C=O) groups is 2. The number of fused-ring (bicyclic) bond motifs is 2. The van der Waals surface area contributed by atoms with E-state index in [-0.39, 0.29) is 11.8 Å². The summed E-state index contributed by atoms with van der Waals surface area (Å²) in [6, 6.07) is 6.09. The van der Waals surface area contributed by atoms with Crippen molar-refractivity contribution in [3.05, 3.63) is 29.6 Å². The van der Waals surface area contributed by atoms with Gasteiger partial charge in [0.15, 0.2) is 0 Å². The molecule has 3 rings (SSSR count). The van der Waals surface area contributed by atoms with E-state index in [4.69, 9.17) is 4.98 Å². The van der Waals surface area contributed by atoms with E-state index in [9.17, 15) is 9.59 Å². The molecule has 3 heterocycles. The third-order valence-corrected chi connectivity index (χ3v) is 4.45. The Bertz CT molecular complexity index is 545. The van der Waals surface area contributed by atoms with Gasteiger partial charge in [0.1, 0.15) is 0 Å². The molecule has 2 aliphatic rings. The molecule has 0 fully saturated rings. The van der Waals surface area contributed by atoms with Crippen LogP contribution in [0.5, 0.6) is 0 Å². The summed E-state index contributed by atoms with van der Waals surface area (Å²) >= 11 is 0. The Morgan fingerprint density at radius 2 is 1.29 bits per heavy atom. The molecule has 130 valence electrons. The van der Waals surface area contributed by atoms with Gasteiger partial charge >= 0.3 is 0 Å². The predicted molar refractivity (Wildman–Crippen MR) is 90.0 cm³/mol. The van der Waals surface area contributed by atoms with Crippen LogP contribution < -0.4 is 10.6 Å². The molecule has 0 radical (unpaired) electrons. The van der Waals surface area contributed by atoms with Crippen molar-refractivity contribution >= 4 is 11.8 Å². The molecule has 1 aromatic heterocycles. The zero-order valence-electron chi connectivity index (χ0n) is 14.0. The Hall–Kier alpha value is -1.99. The van der Waals surface area contributed by atoms with Gasteiger partial charge in [-0.05, 0) is 12.1 Å². The summed E-state index contributed by atoms with van der Waals surface area (Å²) in [4.78, 5) is 33.1. The summed E-state index contributed by atoms with van der Waals surface area (Å²) in [6.45, 7) is 5.34. The number of nitrogens with one attached hydrogen (secondary N) is 2. The molecule has 24 heavy (non-hydrogen) atoms. The maximum Gasteiger partial charge on any atom is 0.221 e. The Balaban J connectivity index is 1.87. The number of rotatable bonds is 0. The SMILES string of the molecule is O=C1CCN2CCNC(=O)CCN(CCN1)Cc1cccc(n1)C2. The smallest absolute Gasteiger partial charge is 0.221 e. The van der Waals surface area contributed by atoms with Crippen molar-refractivity contribution in [1.82, 2.24) is 25.4 Å². The summed E-state index contributed by atoms with van der Waals surface area (Å²) in [5.74, 6) is 0.167. The first kappa shape index (κ1) is 16.9. The second kappa shape index (κ2) is 8.21. The van der Waals surface area contributed by atoms with Crippen LogP contribution >= 0.6 is 0 Å². The van der Waals surface area contributed by atoms with Gasteiger partial charge in [-0.2, -0.15) is 0 Å². The Morgan fingerprint density at radius 1 is 0.792 bits per heavy atom. The van der Waals surface area contributed by atoms with Crippen LogP contribution in [0.25, 0.3) is 0 Å². The first-order chi connectivity index (χ1) is 11.7. The molecule has 2 unspecified atom stereocenters. The molecule has 2 N–H and O–H groups in total. The molecule has 0 saturated heterocycles. The lowest BCUT2D eigenvalue weighted by Crippen LogP contribution is -2.40. The number of aromatic nitrogens is 1. The maximum absolute atomic E-state index is 12.0. The average molecular weight is 331 g/mol.